The van der Waals surface area contributed by atoms with E-state index in [1.54, 1.807) is 25.1 Å². The lowest BCUT2D eigenvalue weighted by molar-refractivity contribution is -0.144. The first kappa shape index (κ1) is 44.6. The van der Waals surface area contributed by atoms with Gasteiger partial charge in [0, 0.05) is 24.4 Å². The maximum Gasteiger partial charge on any atom is 0.419 e. The quantitative estimate of drug-likeness (QED) is 0.0603. The first-order valence-corrected chi connectivity index (χ1v) is 17.6. The number of alkyl halides is 6. The van der Waals surface area contributed by atoms with E-state index in [1.807, 2.05) is 0 Å². The Kier molecular flexibility index (Phi) is 15.6. The van der Waals surface area contributed by atoms with Gasteiger partial charge >= 0.3 is 18.3 Å². The van der Waals surface area contributed by atoms with Crippen molar-refractivity contribution in [2.45, 2.75) is 83.2 Å². The summed E-state index contributed by atoms with van der Waals surface area (Å²) in [6.45, 7) is 10.1. The molecule has 0 spiro atoms. The van der Waals surface area contributed by atoms with E-state index >= 15 is 4.39 Å². The third-order valence-electron chi connectivity index (χ3n) is 8.87. The number of pyridine rings is 1. The van der Waals surface area contributed by atoms with Crippen LogP contribution < -0.4 is 10.9 Å². The molecule has 1 heterocycles. The molecule has 0 unspecified atom stereocenters. The molecule has 0 radical (unpaired) electrons. The summed E-state index contributed by atoms with van der Waals surface area (Å²) in [7, 11) is 3.25. The zero-order chi connectivity index (χ0) is 41.2. The van der Waals surface area contributed by atoms with Crippen LogP contribution in [-0.4, -0.2) is 48.6 Å². The number of aromatic nitrogens is 1. The van der Waals surface area contributed by atoms with E-state index in [-0.39, 0.29) is 54.7 Å². The maximum atomic E-state index is 16.2. The molecule has 2 aromatic carbocycles. The van der Waals surface area contributed by atoms with Gasteiger partial charge in [0.05, 0.1) is 30.2 Å². The van der Waals surface area contributed by atoms with Crippen LogP contribution >= 0.6 is 0 Å². The highest BCUT2D eigenvalue weighted by molar-refractivity contribution is 5.82. The molecular weight excluding hydrogens is 738 g/mol. The standard InChI is InChI=1S/C40H45F8N3O4/c1-7-10-11-12-14-25-18-28(41)17-24(4)36(25)27-19-29(37(42)31(20-27)40(46,47)48)32(22-35(53)55-9-3)49-38(54)33(13-8-2)51-23-26(15-16-50(5)6)30(21-34(51)52)39(43,44)45/h7-8,17-21,23,32-33H,1-2,9-16,22H2,3-6H3,(H,49,54)/t32-,33-/m0/s1. The van der Waals surface area contributed by atoms with E-state index in [2.05, 4.69) is 18.5 Å². The van der Waals surface area contributed by atoms with Crippen LogP contribution in [0.15, 0.2) is 66.6 Å². The Morgan fingerprint density at radius 2 is 1.60 bits per heavy atom. The van der Waals surface area contributed by atoms with Gasteiger partial charge in [0.15, 0.2) is 0 Å². The number of nitrogens with zero attached hydrogens (tertiary/aromatic N) is 2. The fourth-order valence-corrected chi connectivity index (χ4v) is 6.32. The number of benzene rings is 2. The number of hydrogen-bond donors (Lipinski definition) is 1. The third-order valence-corrected chi connectivity index (χ3v) is 8.87. The zero-order valence-electron chi connectivity index (χ0n) is 31.1. The van der Waals surface area contributed by atoms with E-state index < -0.39 is 76.6 Å². The second kappa shape index (κ2) is 19.2. The number of amides is 1. The summed E-state index contributed by atoms with van der Waals surface area (Å²) in [6.07, 6.45) is -5.73. The number of rotatable bonds is 18. The van der Waals surface area contributed by atoms with E-state index in [1.165, 1.54) is 26.0 Å². The van der Waals surface area contributed by atoms with Crippen molar-refractivity contribution in [3.63, 3.8) is 0 Å². The third kappa shape index (κ3) is 11.8. The predicted molar refractivity (Wildman–Crippen MR) is 193 cm³/mol. The molecule has 0 aliphatic heterocycles. The maximum absolute atomic E-state index is 16.2. The van der Waals surface area contributed by atoms with Gasteiger partial charge in [-0.2, -0.15) is 26.3 Å². The van der Waals surface area contributed by atoms with Crippen LogP contribution in [0.3, 0.4) is 0 Å². The Labute approximate surface area is 314 Å². The molecule has 300 valence electrons. The summed E-state index contributed by atoms with van der Waals surface area (Å²) < 4.78 is 122. The number of ether oxygens (including phenoxy) is 1. The molecule has 2 atom stereocenters. The van der Waals surface area contributed by atoms with Crippen molar-refractivity contribution >= 4 is 11.9 Å². The summed E-state index contributed by atoms with van der Waals surface area (Å²) >= 11 is 0. The molecule has 3 rings (SSSR count). The van der Waals surface area contributed by atoms with Gasteiger partial charge in [-0.1, -0.05) is 12.2 Å². The van der Waals surface area contributed by atoms with Crippen molar-refractivity contribution in [3.8, 4) is 11.1 Å². The second-order valence-corrected chi connectivity index (χ2v) is 13.3. The monoisotopic (exact) mass is 783 g/mol. The molecule has 0 fully saturated rings. The van der Waals surface area contributed by atoms with Crippen LogP contribution in [0.5, 0.6) is 0 Å². The second-order valence-electron chi connectivity index (χ2n) is 13.3. The van der Waals surface area contributed by atoms with Crippen molar-refractivity contribution in [2.24, 2.45) is 0 Å². The molecule has 15 heteroatoms. The van der Waals surface area contributed by atoms with Crippen molar-refractivity contribution in [1.29, 1.82) is 0 Å². The van der Waals surface area contributed by atoms with E-state index in [0.717, 1.165) is 22.9 Å². The van der Waals surface area contributed by atoms with Crippen molar-refractivity contribution in [2.75, 3.05) is 27.2 Å². The van der Waals surface area contributed by atoms with E-state index in [9.17, 15) is 45.1 Å². The van der Waals surface area contributed by atoms with Gasteiger partial charge in [0.2, 0.25) is 5.91 Å². The molecule has 0 aliphatic rings. The SMILES string of the molecule is C=CCCCCc1cc(F)cc(C)c1-c1cc([C@H](CC(=O)OCC)NC(=O)[C@H](CC=C)n2cc(CCN(C)C)c(C(F)(F)F)cc2=O)c(F)c(C(F)(F)F)c1. The first-order chi connectivity index (χ1) is 25.7. The summed E-state index contributed by atoms with van der Waals surface area (Å²) in [5.41, 5.74) is -4.62. The minimum atomic E-state index is -5.27. The average Bonchev–Trinajstić information content (AvgIpc) is 3.07. The van der Waals surface area contributed by atoms with Crippen LogP contribution in [0.25, 0.3) is 11.1 Å². The number of nitrogens with one attached hydrogen (secondary N) is 1. The lowest BCUT2D eigenvalue weighted by atomic mass is 9.88. The lowest BCUT2D eigenvalue weighted by Crippen LogP contribution is -2.40. The van der Waals surface area contributed by atoms with Crippen LogP contribution in [0.4, 0.5) is 35.1 Å². The molecule has 0 bridgehead atoms. The minimum absolute atomic E-state index is 0.141. The van der Waals surface area contributed by atoms with Crippen molar-refractivity contribution < 1.29 is 49.4 Å². The van der Waals surface area contributed by atoms with Crippen LogP contribution in [-0.2, 0) is 39.5 Å². The molecule has 3 aromatic rings. The Hall–Kier alpha value is -4.79. The Morgan fingerprint density at radius 1 is 0.927 bits per heavy atom. The summed E-state index contributed by atoms with van der Waals surface area (Å²) in [5, 5.41) is 2.38. The summed E-state index contributed by atoms with van der Waals surface area (Å²) in [6, 6.07) is 0.800. The highest BCUT2D eigenvalue weighted by Gasteiger charge is 2.39. The van der Waals surface area contributed by atoms with Gasteiger partial charge in [-0.15, -0.1) is 13.2 Å². The van der Waals surface area contributed by atoms with Crippen molar-refractivity contribution in [3.05, 3.63) is 117 Å². The lowest BCUT2D eigenvalue weighted by Gasteiger charge is -2.26. The largest absolute Gasteiger partial charge is 0.466 e. The number of aryl methyl sites for hydroxylation is 2. The number of allylic oxidation sites excluding steroid dienone is 2. The molecule has 0 saturated heterocycles. The number of carbonyl (C=O) groups excluding carboxylic acids is 2. The van der Waals surface area contributed by atoms with Gasteiger partial charge in [0.1, 0.15) is 17.7 Å². The smallest absolute Gasteiger partial charge is 0.419 e. The van der Waals surface area contributed by atoms with Gasteiger partial charge in [-0.25, -0.2) is 8.78 Å². The molecule has 1 amide bonds. The summed E-state index contributed by atoms with van der Waals surface area (Å²) in [4.78, 5) is 41.7. The highest BCUT2D eigenvalue weighted by atomic mass is 19.4. The van der Waals surface area contributed by atoms with Crippen molar-refractivity contribution in [1.82, 2.24) is 14.8 Å². The molecule has 1 N–H and O–H groups in total. The predicted octanol–water partition coefficient (Wildman–Crippen LogP) is 9.07. The zero-order valence-corrected chi connectivity index (χ0v) is 31.1. The number of likely N-dealkylation sites (N-methyl/N-ethyl adjacent to an activating group) is 1. The highest BCUT2D eigenvalue weighted by Crippen LogP contribution is 2.41. The Balaban J connectivity index is 2.27. The molecular formula is C40H45F8N3O4. The fourth-order valence-electron chi connectivity index (χ4n) is 6.32. The topological polar surface area (TPSA) is 80.6 Å². The normalized spacial score (nSPS) is 13.0. The number of unbranched alkanes of at least 4 members (excludes halogenated alkanes) is 2. The number of hydrogen-bond acceptors (Lipinski definition) is 5. The van der Waals surface area contributed by atoms with Gasteiger partial charge in [-0.3, -0.25) is 14.4 Å². The van der Waals surface area contributed by atoms with Crippen LogP contribution in [0.1, 0.15) is 84.5 Å². The van der Waals surface area contributed by atoms with Gasteiger partial charge in [-0.05, 0) is 119 Å². The average molecular weight is 784 g/mol. The van der Waals surface area contributed by atoms with E-state index in [0.29, 0.717) is 37.0 Å². The Morgan fingerprint density at radius 3 is 2.18 bits per heavy atom. The summed E-state index contributed by atoms with van der Waals surface area (Å²) in [5.74, 6) is -4.60. The minimum Gasteiger partial charge on any atom is -0.466 e. The van der Waals surface area contributed by atoms with Gasteiger partial charge < -0.3 is 19.5 Å². The number of esters is 1. The van der Waals surface area contributed by atoms with Crippen LogP contribution in [0, 0.1) is 18.6 Å². The fraction of sp³-hybridized carbons (Fsp3) is 0.425. The van der Waals surface area contributed by atoms with Gasteiger partial charge in [0.25, 0.3) is 5.56 Å². The first-order valence-electron chi connectivity index (χ1n) is 17.6. The van der Waals surface area contributed by atoms with E-state index in [4.69, 9.17) is 4.74 Å². The molecule has 55 heavy (non-hydrogen) atoms. The molecule has 0 aliphatic carbocycles. The van der Waals surface area contributed by atoms with Crippen LogP contribution in [0.2, 0.25) is 0 Å². The Bertz CT molecular complexity index is 1920. The molecule has 0 saturated carbocycles. The number of halogens is 8. The molecule has 1 aromatic heterocycles. The molecule has 7 nitrogen and oxygen atoms in total. The number of carbonyl (C=O) groups is 2.